The van der Waals surface area contributed by atoms with Gasteiger partial charge in [-0.3, -0.25) is 9.78 Å². The maximum Gasteiger partial charge on any atom is 0.265 e. The fourth-order valence-corrected chi connectivity index (χ4v) is 3.98. The molecular formula is C19H20N6O2S. The highest BCUT2D eigenvalue weighted by molar-refractivity contribution is 7.11. The summed E-state index contributed by atoms with van der Waals surface area (Å²) in [6.45, 7) is 3.84. The average Bonchev–Trinajstić information content (AvgIpc) is 3.23. The molecule has 1 unspecified atom stereocenters. The summed E-state index contributed by atoms with van der Waals surface area (Å²) in [5.74, 6) is 0.472. The largest absolute Gasteiger partial charge is 0.507 e. The lowest BCUT2D eigenvalue weighted by Gasteiger charge is -2.40. The Morgan fingerprint density at radius 2 is 2.11 bits per heavy atom. The van der Waals surface area contributed by atoms with Crippen molar-refractivity contribution >= 4 is 28.7 Å². The Morgan fingerprint density at radius 1 is 1.29 bits per heavy atom. The molecule has 0 aliphatic carbocycles. The van der Waals surface area contributed by atoms with E-state index in [9.17, 15) is 9.90 Å². The van der Waals surface area contributed by atoms with Gasteiger partial charge in [-0.05, 0) is 25.1 Å². The van der Waals surface area contributed by atoms with Crippen LogP contribution in [0, 0.1) is 0 Å². The molecule has 9 heteroatoms. The van der Waals surface area contributed by atoms with Crippen LogP contribution in [0.25, 0.3) is 11.3 Å². The van der Waals surface area contributed by atoms with Gasteiger partial charge in [0.15, 0.2) is 5.82 Å². The van der Waals surface area contributed by atoms with E-state index in [1.54, 1.807) is 29.9 Å². The Bertz CT molecular complexity index is 994. The minimum Gasteiger partial charge on any atom is -0.507 e. The van der Waals surface area contributed by atoms with Gasteiger partial charge in [0.05, 0.1) is 23.1 Å². The molecule has 1 fully saturated rings. The molecule has 3 N–H and O–H groups in total. The van der Waals surface area contributed by atoms with E-state index in [4.69, 9.17) is 5.73 Å². The van der Waals surface area contributed by atoms with Gasteiger partial charge in [-0.1, -0.05) is 12.1 Å². The Morgan fingerprint density at radius 3 is 2.82 bits per heavy atom. The van der Waals surface area contributed by atoms with E-state index in [2.05, 4.69) is 20.1 Å². The van der Waals surface area contributed by atoms with Gasteiger partial charge in [-0.25, -0.2) is 0 Å². The number of anilines is 2. The first-order valence-electron chi connectivity index (χ1n) is 8.90. The number of rotatable bonds is 3. The molecule has 1 aliphatic rings. The lowest BCUT2D eigenvalue weighted by molar-refractivity contribution is 0.0679. The number of phenols is 1. The normalized spacial score (nSPS) is 17.0. The van der Waals surface area contributed by atoms with Gasteiger partial charge in [0, 0.05) is 31.2 Å². The summed E-state index contributed by atoms with van der Waals surface area (Å²) < 4.78 is 0. The molecule has 1 amide bonds. The number of carbonyl (C=O) groups is 1. The predicted octanol–water partition coefficient (Wildman–Crippen LogP) is 2.24. The Balaban J connectivity index is 1.56. The van der Waals surface area contributed by atoms with Crippen molar-refractivity contribution in [3.8, 4) is 17.0 Å². The summed E-state index contributed by atoms with van der Waals surface area (Å²) >= 11 is 1.35. The summed E-state index contributed by atoms with van der Waals surface area (Å²) in [6.07, 6.45) is 1.61. The van der Waals surface area contributed by atoms with Crippen LogP contribution in [0.15, 0.2) is 42.0 Å². The van der Waals surface area contributed by atoms with Crippen LogP contribution in [-0.4, -0.2) is 56.8 Å². The van der Waals surface area contributed by atoms with E-state index in [0.717, 1.165) is 5.69 Å². The summed E-state index contributed by atoms with van der Waals surface area (Å²) in [4.78, 5) is 21.3. The number of thiazole rings is 1. The molecule has 1 aliphatic heterocycles. The molecule has 3 aromatic rings. The van der Waals surface area contributed by atoms with Crippen LogP contribution in [0.1, 0.15) is 16.6 Å². The van der Waals surface area contributed by atoms with Crippen LogP contribution in [0.4, 0.5) is 11.5 Å². The summed E-state index contributed by atoms with van der Waals surface area (Å²) in [7, 11) is 0. The van der Waals surface area contributed by atoms with E-state index in [1.807, 2.05) is 24.0 Å². The van der Waals surface area contributed by atoms with Crippen molar-refractivity contribution in [2.24, 2.45) is 0 Å². The number of aromatic nitrogens is 3. The Kier molecular flexibility index (Phi) is 4.82. The standard InChI is InChI=1S/C19H20N6O2S/c1-12-10-24(6-7-25(12)19(27)17-9-21-11-28-17)15-8-14(22-23-18(15)20)13-4-2-3-5-16(13)26/h2-5,8-9,11-12,26H,6-7,10H2,1H3,(H2,20,23). The van der Waals surface area contributed by atoms with Crippen LogP contribution in [-0.2, 0) is 0 Å². The van der Waals surface area contributed by atoms with Crippen LogP contribution in [0.2, 0.25) is 0 Å². The van der Waals surface area contributed by atoms with Gasteiger partial charge in [0.2, 0.25) is 0 Å². The maximum absolute atomic E-state index is 12.7. The average molecular weight is 396 g/mol. The molecule has 0 spiro atoms. The molecule has 0 saturated carbocycles. The zero-order valence-corrected chi connectivity index (χ0v) is 16.1. The van der Waals surface area contributed by atoms with E-state index >= 15 is 0 Å². The lowest BCUT2D eigenvalue weighted by Crippen LogP contribution is -2.54. The van der Waals surface area contributed by atoms with Gasteiger partial charge in [-0.2, -0.15) is 0 Å². The van der Waals surface area contributed by atoms with Crippen molar-refractivity contribution in [3.05, 3.63) is 46.9 Å². The Hall–Kier alpha value is -3.20. The predicted molar refractivity (Wildman–Crippen MR) is 108 cm³/mol. The number of benzene rings is 1. The molecule has 1 saturated heterocycles. The number of amides is 1. The van der Waals surface area contributed by atoms with Crippen molar-refractivity contribution in [1.29, 1.82) is 0 Å². The number of hydrogen-bond donors (Lipinski definition) is 2. The Labute approximate surface area is 166 Å². The van der Waals surface area contributed by atoms with Gasteiger partial charge in [0.25, 0.3) is 5.91 Å². The second kappa shape index (κ2) is 7.43. The van der Waals surface area contributed by atoms with E-state index in [1.165, 1.54) is 11.3 Å². The number of aromatic hydroxyl groups is 1. The van der Waals surface area contributed by atoms with Crippen LogP contribution in [0.5, 0.6) is 5.75 Å². The van der Waals surface area contributed by atoms with Crippen molar-refractivity contribution in [2.75, 3.05) is 30.3 Å². The third-order valence-corrected chi connectivity index (χ3v) is 5.61. The first-order chi connectivity index (χ1) is 13.5. The number of nitrogens with zero attached hydrogens (tertiary/aromatic N) is 5. The number of carbonyl (C=O) groups excluding carboxylic acids is 1. The van der Waals surface area contributed by atoms with E-state index in [-0.39, 0.29) is 17.7 Å². The number of nitrogens with two attached hydrogens (primary N) is 1. The van der Waals surface area contributed by atoms with E-state index in [0.29, 0.717) is 41.6 Å². The first kappa shape index (κ1) is 18.2. The van der Waals surface area contributed by atoms with Gasteiger partial charge >= 0.3 is 0 Å². The van der Waals surface area contributed by atoms with Crippen molar-refractivity contribution in [3.63, 3.8) is 0 Å². The van der Waals surface area contributed by atoms with Gasteiger partial charge in [0.1, 0.15) is 10.6 Å². The maximum atomic E-state index is 12.7. The molecule has 28 heavy (non-hydrogen) atoms. The number of piperazine rings is 1. The van der Waals surface area contributed by atoms with Crippen LogP contribution in [0.3, 0.4) is 0 Å². The highest BCUT2D eigenvalue weighted by atomic mass is 32.1. The zero-order chi connectivity index (χ0) is 19.7. The fourth-order valence-electron chi connectivity index (χ4n) is 3.41. The fraction of sp³-hybridized carbons (Fsp3) is 0.263. The second-order valence-corrected chi connectivity index (χ2v) is 7.56. The highest BCUT2D eigenvalue weighted by Gasteiger charge is 2.30. The van der Waals surface area contributed by atoms with Crippen molar-refractivity contribution < 1.29 is 9.90 Å². The molecule has 2 aromatic heterocycles. The molecule has 3 heterocycles. The number of para-hydroxylation sites is 1. The minimum atomic E-state index is 0.00416. The smallest absolute Gasteiger partial charge is 0.265 e. The van der Waals surface area contributed by atoms with Crippen molar-refractivity contribution in [2.45, 2.75) is 13.0 Å². The lowest BCUT2D eigenvalue weighted by atomic mass is 10.1. The molecule has 0 bridgehead atoms. The summed E-state index contributed by atoms with van der Waals surface area (Å²) in [6, 6.07) is 8.83. The minimum absolute atomic E-state index is 0.00416. The summed E-state index contributed by atoms with van der Waals surface area (Å²) in [5, 5.41) is 18.3. The van der Waals surface area contributed by atoms with Crippen LogP contribution >= 0.6 is 11.3 Å². The molecular weight excluding hydrogens is 376 g/mol. The molecule has 0 radical (unpaired) electrons. The molecule has 8 nitrogen and oxygen atoms in total. The molecule has 1 atom stereocenters. The summed E-state index contributed by atoms with van der Waals surface area (Å²) in [5.41, 5.74) is 9.66. The highest BCUT2D eigenvalue weighted by Crippen LogP contribution is 2.32. The van der Waals surface area contributed by atoms with Crippen LogP contribution < -0.4 is 10.6 Å². The van der Waals surface area contributed by atoms with Gasteiger partial charge in [-0.15, -0.1) is 21.5 Å². The number of phenolic OH excluding ortho intramolecular Hbond substituents is 1. The van der Waals surface area contributed by atoms with Crippen molar-refractivity contribution in [1.82, 2.24) is 20.1 Å². The number of hydrogen-bond acceptors (Lipinski definition) is 8. The SMILES string of the molecule is CC1CN(c2cc(-c3ccccc3O)nnc2N)CCN1C(=O)c1cncs1. The topological polar surface area (TPSA) is 108 Å². The molecule has 144 valence electrons. The first-order valence-corrected chi connectivity index (χ1v) is 9.78. The van der Waals surface area contributed by atoms with Gasteiger partial charge < -0.3 is 20.6 Å². The zero-order valence-electron chi connectivity index (χ0n) is 15.3. The monoisotopic (exact) mass is 396 g/mol. The number of nitrogen functional groups attached to an aromatic ring is 1. The third kappa shape index (κ3) is 3.36. The second-order valence-electron chi connectivity index (χ2n) is 6.68. The van der Waals surface area contributed by atoms with E-state index < -0.39 is 0 Å². The third-order valence-electron chi connectivity index (χ3n) is 4.85. The molecule has 4 rings (SSSR count). The quantitative estimate of drug-likeness (QED) is 0.699. The molecule has 1 aromatic carbocycles.